The summed E-state index contributed by atoms with van der Waals surface area (Å²) in [6.07, 6.45) is 0.964. The number of hydrogen-bond donors (Lipinski definition) is 1. The summed E-state index contributed by atoms with van der Waals surface area (Å²) in [6, 6.07) is 19.7. The zero-order valence-electron chi connectivity index (χ0n) is 16.6. The van der Waals surface area contributed by atoms with Crippen molar-refractivity contribution in [3.8, 4) is 0 Å². The van der Waals surface area contributed by atoms with Crippen LogP contribution in [-0.2, 0) is 9.53 Å². The molecule has 1 N–H and O–H groups in total. The van der Waals surface area contributed by atoms with E-state index in [-0.39, 0.29) is 25.7 Å². The Morgan fingerprint density at radius 1 is 1.04 bits per heavy atom. The zero-order valence-corrected chi connectivity index (χ0v) is 18.3. The quantitative estimate of drug-likeness (QED) is 0.499. The van der Waals surface area contributed by atoms with Crippen LogP contribution in [0.5, 0.6) is 0 Å². The molecule has 0 aliphatic carbocycles. The van der Waals surface area contributed by atoms with E-state index in [1.54, 1.807) is 0 Å². The van der Waals surface area contributed by atoms with Gasteiger partial charge in [-0.1, -0.05) is 0 Å². The number of esters is 1. The van der Waals surface area contributed by atoms with Crippen LogP contribution in [0.4, 0.5) is 0 Å². The van der Waals surface area contributed by atoms with Crippen LogP contribution < -0.4 is 4.46 Å². The van der Waals surface area contributed by atoms with Crippen molar-refractivity contribution in [2.24, 2.45) is 5.92 Å². The number of aliphatic hydroxyl groups is 1. The van der Waals surface area contributed by atoms with Gasteiger partial charge in [0.25, 0.3) is 0 Å². The van der Waals surface area contributed by atoms with Crippen molar-refractivity contribution in [1.82, 2.24) is 0 Å². The summed E-state index contributed by atoms with van der Waals surface area (Å²) >= 11 is 0.0641. The van der Waals surface area contributed by atoms with Gasteiger partial charge in [-0.2, -0.15) is 0 Å². The Morgan fingerprint density at radius 3 is 2.11 bits per heavy atom. The van der Waals surface area contributed by atoms with Gasteiger partial charge in [0.1, 0.15) is 0 Å². The van der Waals surface area contributed by atoms with Crippen molar-refractivity contribution in [2.45, 2.75) is 57.1 Å². The standard InChI is InChI=1S/C23H30O3Se/c1-5-12-19(27-18-15-10-7-11-16-18)20(22(25)26-23(2,3)4)21(24)17-13-8-6-9-14-17/h6-11,13-16,19-21,24H,5,12H2,1-4H3/t19-,20+,21+/m1/s1. The molecule has 2 aromatic carbocycles. The molecule has 3 atom stereocenters. The van der Waals surface area contributed by atoms with Gasteiger partial charge in [0.2, 0.25) is 0 Å². The number of carbonyl (C=O) groups is 1. The SMILES string of the molecule is CCC[C@@H]([Se]c1ccccc1)[C@H](C(=O)OC(C)(C)C)[C@@H](O)c1ccccc1. The van der Waals surface area contributed by atoms with Gasteiger partial charge in [-0.3, -0.25) is 0 Å². The number of benzene rings is 2. The van der Waals surface area contributed by atoms with Crippen LogP contribution in [-0.4, -0.2) is 31.6 Å². The molecule has 3 nitrogen and oxygen atoms in total. The summed E-state index contributed by atoms with van der Waals surface area (Å²) < 4.78 is 6.95. The molecule has 0 saturated heterocycles. The first-order chi connectivity index (χ1) is 12.8. The molecule has 2 rings (SSSR count). The molecule has 0 spiro atoms. The Bertz CT molecular complexity index is 695. The van der Waals surface area contributed by atoms with E-state index in [2.05, 4.69) is 19.1 Å². The average Bonchev–Trinajstić information content (AvgIpc) is 2.62. The van der Waals surface area contributed by atoms with Crippen LogP contribution in [0.2, 0.25) is 4.82 Å². The van der Waals surface area contributed by atoms with E-state index in [4.69, 9.17) is 4.74 Å². The Kier molecular flexibility index (Phi) is 8.09. The molecule has 27 heavy (non-hydrogen) atoms. The number of rotatable bonds is 8. The summed E-state index contributed by atoms with van der Waals surface area (Å²) in [7, 11) is 0. The Hall–Kier alpha value is -1.61. The zero-order chi connectivity index (χ0) is 19.9. The number of hydrogen-bond acceptors (Lipinski definition) is 3. The van der Waals surface area contributed by atoms with E-state index < -0.39 is 17.6 Å². The van der Waals surface area contributed by atoms with E-state index in [1.165, 1.54) is 4.46 Å². The van der Waals surface area contributed by atoms with Gasteiger partial charge in [-0.25, -0.2) is 0 Å². The second kappa shape index (κ2) is 10.1. The summed E-state index contributed by atoms with van der Waals surface area (Å²) in [6.45, 7) is 7.73. The molecule has 0 radical (unpaired) electrons. The minimum atomic E-state index is -0.872. The molecule has 0 unspecified atom stereocenters. The molecule has 0 fully saturated rings. The Labute approximate surface area is 169 Å². The van der Waals surface area contributed by atoms with Gasteiger partial charge in [-0.05, 0) is 0 Å². The summed E-state index contributed by atoms with van der Waals surface area (Å²) in [5.74, 6) is -0.887. The fourth-order valence-electron chi connectivity index (χ4n) is 2.98. The van der Waals surface area contributed by atoms with Crippen LogP contribution in [0.25, 0.3) is 0 Å². The van der Waals surface area contributed by atoms with Crippen molar-refractivity contribution in [1.29, 1.82) is 0 Å². The van der Waals surface area contributed by atoms with E-state index in [0.717, 1.165) is 18.4 Å². The van der Waals surface area contributed by atoms with Crippen molar-refractivity contribution in [2.75, 3.05) is 0 Å². The maximum atomic E-state index is 13.1. The van der Waals surface area contributed by atoms with Gasteiger partial charge in [0.05, 0.1) is 0 Å². The summed E-state index contributed by atoms with van der Waals surface area (Å²) in [4.78, 5) is 13.2. The van der Waals surface area contributed by atoms with Crippen molar-refractivity contribution < 1.29 is 14.6 Å². The van der Waals surface area contributed by atoms with Crippen LogP contribution in [0, 0.1) is 5.92 Å². The van der Waals surface area contributed by atoms with E-state index in [1.807, 2.05) is 69.3 Å². The second-order valence-corrected chi connectivity index (χ2v) is 10.4. The maximum absolute atomic E-state index is 13.1. The number of ether oxygens (including phenoxy) is 1. The topological polar surface area (TPSA) is 46.5 Å². The fraction of sp³-hybridized carbons (Fsp3) is 0.435. The van der Waals surface area contributed by atoms with Gasteiger partial charge in [-0.15, -0.1) is 0 Å². The summed E-state index contributed by atoms with van der Waals surface area (Å²) in [5.41, 5.74) is 0.181. The third-order valence-corrected chi connectivity index (χ3v) is 7.05. The second-order valence-electron chi connectivity index (χ2n) is 7.67. The molecule has 0 aliphatic heterocycles. The van der Waals surface area contributed by atoms with E-state index in [0.29, 0.717) is 0 Å². The van der Waals surface area contributed by atoms with E-state index >= 15 is 0 Å². The van der Waals surface area contributed by atoms with Crippen molar-refractivity contribution in [3.05, 3.63) is 66.2 Å². The minimum absolute atomic E-state index is 0.0641. The first-order valence-corrected chi connectivity index (χ1v) is 11.3. The van der Waals surface area contributed by atoms with Crippen LogP contribution in [0.15, 0.2) is 60.7 Å². The number of carbonyl (C=O) groups excluding carboxylic acids is 1. The molecule has 0 aliphatic rings. The number of aliphatic hydroxyl groups excluding tert-OH is 1. The first kappa shape index (κ1) is 21.7. The molecule has 146 valence electrons. The van der Waals surface area contributed by atoms with Gasteiger partial charge >= 0.3 is 169 Å². The van der Waals surface area contributed by atoms with Gasteiger partial charge in [0.15, 0.2) is 0 Å². The third kappa shape index (κ3) is 6.80. The summed E-state index contributed by atoms with van der Waals surface area (Å²) in [5, 5.41) is 11.1. The van der Waals surface area contributed by atoms with Crippen LogP contribution >= 0.6 is 0 Å². The fourth-order valence-corrected chi connectivity index (χ4v) is 5.97. The average molecular weight is 433 g/mol. The first-order valence-electron chi connectivity index (χ1n) is 9.49. The Balaban J connectivity index is 2.36. The van der Waals surface area contributed by atoms with Gasteiger partial charge in [0, 0.05) is 0 Å². The molecule has 2 aromatic rings. The van der Waals surface area contributed by atoms with Crippen molar-refractivity contribution in [3.63, 3.8) is 0 Å². The molecule has 0 bridgehead atoms. The normalized spacial score (nSPS) is 15.0. The third-order valence-electron chi connectivity index (χ3n) is 4.16. The predicted octanol–water partition coefficient (Wildman–Crippen LogP) is 4.30. The molecule has 4 heteroatoms. The molecule has 0 amide bonds. The van der Waals surface area contributed by atoms with Gasteiger partial charge < -0.3 is 0 Å². The predicted molar refractivity (Wildman–Crippen MR) is 111 cm³/mol. The van der Waals surface area contributed by atoms with Crippen LogP contribution in [0.3, 0.4) is 0 Å². The van der Waals surface area contributed by atoms with E-state index in [9.17, 15) is 9.90 Å². The van der Waals surface area contributed by atoms with Crippen molar-refractivity contribution >= 4 is 25.4 Å². The molecular weight excluding hydrogens is 403 g/mol. The Morgan fingerprint density at radius 2 is 1.59 bits per heavy atom. The molecular formula is C23H30O3Se. The molecule has 0 aromatic heterocycles. The molecule has 0 heterocycles. The molecule has 0 saturated carbocycles. The monoisotopic (exact) mass is 434 g/mol. The van der Waals surface area contributed by atoms with Crippen LogP contribution in [0.1, 0.15) is 52.2 Å².